The lowest BCUT2D eigenvalue weighted by Crippen LogP contribution is -2.17. The minimum Gasteiger partial charge on any atom is -0.311 e. The van der Waals surface area contributed by atoms with Crippen molar-refractivity contribution in [3.63, 3.8) is 0 Å². The molecular weight excluding hydrogens is 202 g/mol. The van der Waals surface area contributed by atoms with E-state index in [0.29, 0.717) is 0 Å². The molecule has 0 saturated heterocycles. The van der Waals surface area contributed by atoms with Gasteiger partial charge in [-0.05, 0) is 18.5 Å². The molecule has 2 rings (SSSR count). The number of rotatable bonds is 5. The topological polar surface area (TPSA) is 55.6 Å². The normalized spacial score (nSPS) is 10.6. The van der Waals surface area contributed by atoms with Crippen molar-refractivity contribution in [2.24, 2.45) is 7.05 Å². The zero-order valence-electron chi connectivity index (χ0n) is 9.30. The Labute approximate surface area is 94.5 Å². The summed E-state index contributed by atoms with van der Waals surface area (Å²) in [6.45, 7) is 1.68. The third-order valence-electron chi connectivity index (χ3n) is 2.27. The van der Waals surface area contributed by atoms with Crippen LogP contribution < -0.4 is 5.32 Å². The van der Waals surface area contributed by atoms with Gasteiger partial charge in [-0.2, -0.15) is 5.10 Å². The van der Waals surface area contributed by atoms with E-state index >= 15 is 0 Å². The van der Waals surface area contributed by atoms with Gasteiger partial charge in [-0.3, -0.25) is 14.6 Å². The molecule has 5 heteroatoms. The van der Waals surface area contributed by atoms with Crippen molar-refractivity contribution in [2.75, 3.05) is 6.54 Å². The van der Waals surface area contributed by atoms with E-state index in [-0.39, 0.29) is 0 Å². The number of aryl methyl sites for hydroxylation is 1. The van der Waals surface area contributed by atoms with Gasteiger partial charge in [-0.15, -0.1) is 0 Å². The molecule has 2 heterocycles. The van der Waals surface area contributed by atoms with Crippen molar-refractivity contribution < 1.29 is 0 Å². The molecule has 0 atom stereocenters. The van der Waals surface area contributed by atoms with Crippen molar-refractivity contribution in [1.29, 1.82) is 0 Å². The molecule has 0 saturated carbocycles. The second-order valence-corrected chi connectivity index (χ2v) is 3.65. The minimum atomic E-state index is 0.758. The van der Waals surface area contributed by atoms with Crippen LogP contribution in [0.15, 0.2) is 31.0 Å². The van der Waals surface area contributed by atoms with Crippen LogP contribution in [0.3, 0.4) is 0 Å². The predicted molar refractivity (Wildman–Crippen MR) is 60.7 cm³/mol. The number of aromatic nitrogens is 4. The summed E-state index contributed by atoms with van der Waals surface area (Å²) in [5, 5.41) is 7.44. The molecule has 5 nitrogen and oxygen atoms in total. The average Bonchev–Trinajstić information content (AvgIpc) is 2.72. The van der Waals surface area contributed by atoms with E-state index in [2.05, 4.69) is 20.4 Å². The van der Waals surface area contributed by atoms with Crippen LogP contribution in [0.2, 0.25) is 0 Å². The monoisotopic (exact) mass is 217 g/mol. The van der Waals surface area contributed by atoms with Gasteiger partial charge in [-0.25, -0.2) is 0 Å². The lowest BCUT2D eigenvalue weighted by molar-refractivity contribution is 0.671. The Hall–Kier alpha value is -1.75. The van der Waals surface area contributed by atoms with Gasteiger partial charge < -0.3 is 5.32 Å². The molecule has 0 aliphatic heterocycles. The molecule has 2 aromatic rings. The van der Waals surface area contributed by atoms with E-state index in [1.54, 1.807) is 18.6 Å². The van der Waals surface area contributed by atoms with E-state index < -0.39 is 0 Å². The maximum absolute atomic E-state index is 4.19. The van der Waals surface area contributed by atoms with Crippen molar-refractivity contribution in [3.05, 3.63) is 42.2 Å². The first-order valence-electron chi connectivity index (χ1n) is 5.28. The Balaban J connectivity index is 1.69. The Morgan fingerprint density at radius 3 is 2.94 bits per heavy atom. The van der Waals surface area contributed by atoms with Gasteiger partial charge in [0.2, 0.25) is 0 Å². The highest BCUT2D eigenvalue weighted by molar-refractivity contribution is 5.04. The molecule has 0 spiro atoms. The second-order valence-electron chi connectivity index (χ2n) is 3.65. The standard InChI is InChI=1S/C11H15N5/c1-16-9-10(6-15-16)2-3-12-7-11-8-13-4-5-14-11/h4-6,8-9,12H,2-3,7H2,1H3. The first-order chi connectivity index (χ1) is 7.84. The lowest BCUT2D eigenvalue weighted by Gasteiger charge is -2.02. The molecule has 0 unspecified atom stereocenters. The molecule has 0 fully saturated rings. The summed E-state index contributed by atoms with van der Waals surface area (Å²) in [5.74, 6) is 0. The molecule has 1 N–H and O–H groups in total. The molecule has 2 aromatic heterocycles. The number of nitrogens with one attached hydrogen (secondary N) is 1. The van der Waals surface area contributed by atoms with Crippen LogP contribution in [0.25, 0.3) is 0 Å². The molecule has 0 aliphatic carbocycles. The van der Waals surface area contributed by atoms with Crippen molar-refractivity contribution in [3.8, 4) is 0 Å². The molecule has 0 bridgehead atoms. The molecule has 0 radical (unpaired) electrons. The summed E-state index contributed by atoms with van der Waals surface area (Å²) in [5.41, 5.74) is 2.21. The Morgan fingerprint density at radius 1 is 1.31 bits per heavy atom. The number of hydrogen-bond acceptors (Lipinski definition) is 4. The van der Waals surface area contributed by atoms with E-state index in [9.17, 15) is 0 Å². The van der Waals surface area contributed by atoms with E-state index in [0.717, 1.165) is 25.2 Å². The average molecular weight is 217 g/mol. The summed E-state index contributed by atoms with van der Waals surface area (Å²) in [6, 6.07) is 0. The van der Waals surface area contributed by atoms with Crippen LogP contribution in [0.4, 0.5) is 0 Å². The lowest BCUT2D eigenvalue weighted by atomic mass is 10.2. The molecular formula is C11H15N5. The molecule has 0 amide bonds. The molecule has 16 heavy (non-hydrogen) atoms. The summed E-state index contributed by atoms with van der Waals surface area (Å²) >= 11 is 0. The minimum absolute atomic E-state index is 0.758. The third kappa shape index (κ3) is 3.13. The van der Waals surface area contributed by atoms with E-state index in [4.69, 9.17) is 0 Å². The van der Waals surface area contributed by atoms with Crippen molar-refractivity contribution in [1.82, 2.24) is 25.1 Å². The molecule has 0 aliphatic rings. The highest BCUT2D eigenvalue weighted by Crippen LogP contribution is 1.96. The summed E-state index contributed by atoms with van der Waals surface area (Å²) in [6.07, 6.45) is 10.1. The van der Waals surface area contributed by atoms with Crippen LogP contribution in [0.1, 0.15) is 11.3 Å². The number of hydrogen-bond donors (Lipinski definition) is 1. The van der Waals surface area contributed by atoms with Crippen molar-refractivity contribution >= 4 is 0 Å². The summed E-state index contributed by atoms with van der Waals surface area (Å²) in [4.78, 5) is 8.20. The first kappa shape index (κ1) is 10.8. The van der Waals surface area contributed by atoms with Gasteiger partial charge in [0.05, 0.1) is 11.9 Å². The quantitative estimate of drug-likeness (QED) is 0.743. The molecule has 0 aromatic carbocycles. The Bertz CT molecular complexity index is 423. The fraction of sp³-hybridized carbons (Fsp3) is 0.364. The maximum Gasteiger partial charge on any atom is 0.0724 e. The SMILES string of the molecule is Cn1cc(CCNCc2cnccn2)cn1. The zero-order chi connectivity index (χ0) is 11.2. The third-order valence-corrected chi connectivity index (χ3v) is 2.27. The van der Waals surface area contributed by atoms with Gasteiger partial charge in [-0.1, -0.05) is 0 Å². The van der Waals surface area contributed by atoms with Crippen LogP contribution in [-0.2, 0) is 20.0 Å². The predicted octanol–water partition coefficient (Wildman–Crippen LogP) is 0.542. The fourth-order valence-electron chi connectivity index (χ4n) is 1.47. The van der Waals surface area contributed by atoms with Crippen LogP contribution in [0.5, 0.6) is 0 Å². The highest BCUT2D eigenvalue weighted by atomic mass is 15.2. The van der Waals surface area contributed by atoms with Gasteiger partial charge in [0.1, 0.15) is 0 Å². The Morgan fingerprint density at radius 2 is 2.25 bits per heavy atom. The van der Waals surface area contributed by atoms with Crippen LogP contribution in [-0.4, -0.2) is 26.3 Å². The van der Waals surface area contributed by atoms with Crippen molar-refractivity contribution in [2.45, 2.75) is 13.0 Å². The van der Waals surface area contributed by atoms with Gasteiger partial charge in [0.15, 0.2) is 0 Å². The summed E-state index contributed by atoms with van der Waals surface area (Å²) < 4.78 is 1.82. The van der Waals surface area contributed by atoms with Crippen LogP contribution >= 0.6 is 0 Å². The number of nitrogens with zero attached hydrogens (tertiary/aromatic N) is 4. The summed E-state index contributed by atoms with van der Waals surface area (Å²) in [7, 11) is 1.93. The van der Waals surface area contributed by atoms with Gasteiger partial charge in [0, 0.05) is 38.4 Å². The van der Waals surface area contributed by atoms with E-state index in [1.165, 1.54) is 5.56 Å². The fourth-order valence-corrected chi connectivity index (χ4v) is 1.47. The van der Waals surface area contributed by atoms with E-state index in [1.807, 2.05) is 24.1 Å². The smallest absolute Gasteiger partial charge is 0.0724 e. The zero-order valence-corrected chi connectivity index (χ0v) is 9.30. The van der Waals surface area contributed by atoms with Gasteiger partial charge >= 0.3 is 0 Å². The second kappa shape index (κ2) is 5.37. The van der Waals surface area contributed by atoms with Gasteiger partial charge in [0.25, 0.3) is 0 Å². The molecule has 84 valence electrons. The largest absolute Gasteiger partial charge is 0.311 e. The van der Waals surface area contributed by atoms with Crippen LogP contribution in [0, 0.1) is 0 Å². The first-order valence-corrected chi connectivity index (χ1v) is 5.28. The Kier molecular flexibility index (Phi) is 3.61. The maximum atomic E-state index is 4.19. The highest BCUT2D eigenvalue weighted by Gasteiger charge is 1.96.